The van der Waals surface area contributed by atoms with Crippen molar-refractivity contribution in [1.82, 2.24) is 9.88 Å². The molecule has 1 fully saturated rings. The van der Waals surface area contributed by atoms with E-state index in [9.17, 15) is 23.9 Å². The lowest BCUT2D eigenvalue weighted by Crippen LogP contribution is -2.31. The van der Waals surface area contributed by atoms with Crippen molar-refractivity contribution in [3.63, 3.8) is 0 Å². The summed E-state index contributed by atoms with van der Waals surface area (Å²) in [5.41, 5.74) is 0.386. The molecule has 0 aliphatic carbocycles. The van der Waals surface area contributed by atoms with Crippen molar-refractivity contribution in [3.8, 4) is 0 Å². The number of amides is 1. The number of carbonyl (C=O) groups is 3. The van der Waals surface area contributed by atoms with E-state index in [1.807, 2.05) is 0 Å². The molecule has 28 heavy (non-hydrogen) atoms. The number of aliphatic hydroxyl groups is 1. The Morgan fingerprint density at radius 3 is 2.43 bits per heavy atom. The van der Waals surface area contributed by atoms with Crippen molar-refractivity contribution >= 4 is 23.4 Å². The van der Waals surface area contributed by atoms with Crippen LogP contribution in [-0.4, -0.2) is 44.3 Å². The number of aromatic nitrogens is 1. The molecule has 2 N–H and O–H groups in total. The van der Waals surface area contributed by atoms with Gasteiger partial charge in [0.05, 0.1) is 11.3 Å². The number of carbonyl (C=O) groups excluding carboxylic acids is 2. The monoisotopic (exact) mass is 384 g/mol. The fourth-order valence-electron chi connectivity index (χ4n) is 3.12. The molecule has 1 unspecified atom stereocenters. The van der Waals surface area contributed by atoms with Crippen LogP contribution in [0.5, 0.6) is 0 Å². The summed E-state index contributed by atoms with van der Waals surface area (Å²) >= 11 is 0. The van der Waals surface area contributed by atoms with Gasteiger partial charge >= 0.3 is 5.97 Å². The number of nitrogens with zero attached hydrogens (tertiary/aromatic N) is 2. The van der Waals surface area contributed by atoms with E-state index in [1.54, 1.807) is 18.2 Å². The third kappa shape index (κ3) is 3.75. The molecule has 1 aliphatic heterocycles. The van der Waals surface area contributed by atoms with Gasteiger partial charge in [0, 0.05) is 24.7 Å². The molecule has 1 aromatic heterocycles. The van der Waals surface area contributed by atoms with Crippen LogP contribution >= 0.6 is 0 Å². The predicted molar refractivity (Wildman–Crippen MR) is 96.5 cm³/mol. The number of benzene rings is 1. The van der Waals surface area contributed by atoms with Crippen LogP contribution in [0.3, 0.4) is 0 Å². The third-order valence-corrected chi connectivity index (χ3v) is 4.42. The highest BCUT2D eigenvalue weighted by Gasteiger charge is 2.46. The second-order valence-electron chi connectivity index (χ2n) is 6.25. The molecule has 7 nitrogen and oxygen atoms in total. The van der Waals surface area contributed by atoms with Gasteiger partial charge in [0.15, 0.2) is 0 Å². The van der Waals surface area contributed by atoms with Gasteiger partial charge in [-0.1, -0.05) is 6.07 Å². The number of carboxylic acid groups (broad SMARTS) is 1. The maximum Gasteiger partial charge on any atom is 0.303 e. The highest BCUT2D eigenvalue weighted by Crippen LogP contribution is 2.38. The SMILES string of the molecule is O=C(O)CCCN1C(=O)C(=O)/C(=C(\O)c2ccc(F)cc2)C1c1ccccn1. The van der Waals surface area contributed by atoms with Gasteiger partial charge in [0.2, 0.25) is 0 Å². The first-order valence-corrected chi connectivity index (χ1v) is 8.57. The normalized spacial score (nSPS) is 18.5. The lowest BCUT2D eigenvalue weighted by atomic mass is 9.98. The lowest BCUT2D eigenvalue weighted by Gasteiger charge is -2.24. The second-order valence-corrected chi connectivity index (χ2v) is 6.25. The van der Waals surface area contributed by atoms with Crippen LogP contribution < -0.4 is 0 Å². The average molecular weight is 384 g/mol. The molecule has 1 amide bonds. The Labute approximate surface area is 159 Å². The van der Waals surface area contributed by atoms with Gasteiger partial charge in [-0.15, -0.1) is 0 Å². The molecule has 1 aromatic carbocycles. The van der Waals surface area contributed by atoms with E-state index in [0.29, 0.717) is 5.69 Å². The Bertz CT molecular complexity index is 941. The largest absolute Gasteiger partial charge is 0.507 e. The number of halogens is 1. The second kappa shape index (κ2) is 7.99. The smallest absolute Gasteiger partial charge is 0.303 e. The molecule has 8 heteroatoms. The van der Waals surface area contributed by atoms with Crippen molar-refractivity contribution in [2.24, 2.45) is 0 Å². The van der Waals surface area contributed by atoms with Crippen LogP contribution in [0.2, 0.25) is 0 Å². The zero-order valence-corrected chi connectivity index (χ0v) is 14.7. The molecule has 2 aromatic rings. The van der Waals surface area contributed by atoms with E-state index in [0.717, 1.165) is 12.1 Å². The van der Waals surface area contributed by atoms with Crippen LogP contribution in [0.1, 0.15) is 30.1 Å². The van der Waals surface area contributed by atoms with E-state index >= 15 is 0 Å². The van der Waals surface area contributed by atoms with Crippen molar-refractivity contribution < 1.29 is 29.0 Å². The molecule has 0 bridgehead atoms. The summed E-state index contributed by atoms with van der Waals surface area (Å²) in [5.74, 6) is -3.70. The van der Waals surface area contributed by atoms with E-state index in [4.69, 9.17) is 5.11 Å². The number of aliphatic hydroxyl groups excluding tert-OH is 1. The summed E-state index contributed by atoms with van der Waals surface area (Å²) in [5, 5.41) is 19.5. The Hall–Kier alpha value is -3.55. The molecule has 0 spiro atoms. The topological polar surface area (TPSA) is 108 Å². The minimum absolute atomic E-state index is 0.0122. The number of likely N-dealkylation sites (tertiary alicyclic amines) is 1. The lowest BCUT2D eigenvalue weighted by molar-refractivity contribution is -0.140. The van der Waals surface area contributed by atoms with Crippen LogP contribution in [-0.2, 0) is 14.4 Å². The first-order valence-electron chi connectivity index (χ1n) is 8.57. The Morgan fingerprint density at radius 1 is 1.11 bits per heavy atom. The molecule has 0 radical (unpaired) electrons. The van der Waals surface area contributed by atoms with Gasteiger partial charge in [0.25, 0.3) is 11.7 Å². The van der Waals surface area contributed by atoms with Crippen LogP contribution in [0, 0.1) is 5.82 Å². The predicted octanol–water partition coefficient (Wildman–Crippen LogP) is 2.51. The summed E-state index contributed by atoms with van der Waals surface area (Å²) < 4.78 is 13.2. The maximum absolute atomic E-state index is 13.2. The highest BCUT2D eigenvalue weighted by atomic mass is 19.1. The zero-order valence-electron chi connectivity index (χ0n) is 14.7. The van der Waals surface area contributed by atoms with Crippen LogP contribution in [0.25, 0.3) is 5.76 Å². The number of hydrogen-bond acceptors (Lipinski definition) is 5. The number of pyridine rings is 1. The van der Waals surface area contributed by atoms with Gasteiger partial charge in [0.1, 0.15) is 17.6 Å². The summed E-state index contributed by atoms with van der Waals surface area (Å²) in [6.45, 7) is 0.0122. The zero-order chi connectivity index (χ0) is 20.3. The van der Waals surface area contributed by atoms with Crippen molar-refractivity contribution in [2.45, 2.75) is 18.9 Å². The number of rotatable bonds is 6. The fraction of sp³-hybridized carbons (Fsp3) is 0.200. The minimum Gasteiger partial charge on any atom is -0.507 e. The maximum atomic E-state index is 13.2. The summed E-state index contributed by atoms with van der Waals surface area (Å²) in [7, 11) is 0. The van der Waals surface area contributed by atoms with Gasteiger partial charge < -0.3 is 15.1 Å². The Kier molecular flexibility index (Phi) is 5.49. The summed E-state index contributed by atoms with van der Waals surface area (Å²) in [4.78, 5) is 41.4. The number of Topliss-reactive ketones (excluding diaryl/α,β-unsaturated/α-hetero) is 1. The Morgan fingerprint density at radius 2 is 1.82 bits per heavy atom. The molecular formula is C20H17FN2O5. The summed E-state index contributed by atoms with van der Waals surface area (Å²) in [6.07, 6.45) is 1.46. The number of ketones is 1. The first-order chi connectivity index (χ1) is 13.4. The van der Waals surface area contributed by atoms with E-state index in [-0.39, 0.29) is 30.5 Å². The van der Waals surface area contributed by atoms with E-state index in [2.05, 4.69) is 4.98 Å². The van der Waals surface area contributed by atoms with Crippen molar-refractivity contribution in [2.75, 3.05) is 6.54 Å². The van der Waals surface area contributed by atoms with Gasteiger partial charge in [-0.25, -0.2) is 4.39 Å². The standard InChI is InChI=1S/C20H17FN2O5/c21-13-8-6-12(7-9-13)18(26)16-17(14-4-1-2-10-22-14)23(20(28)19(16)27)11-3-5-15(24)25/h1-2,4,6-10,17,26H,3,5,11H2,(H,24,25)/b18-16-. The molecule has 144 valence electrons. The third-order valence-electron chi connectivity index (χ3n) is 4.42. The summed E-state index contributed by atoms with van der Waals surface area (Å²) in [6, 6.07) is 8.87. The van der Waals surface area contributed by atoms with Crippen LogP contribution in [0.4, 0.5) is 4.39 Å². The minimum atomic E-state index is -1.02. The van der Waals surface area contributed by atoms with Gasteiger partial charge in [-0.3, -0.25) is 19.4 Å². The average Bonchev–Trinajstić information content (AvgIpc) is 2.93. The number of carboxylic acids is 1. The molecule has 2 heterocycles. The number of hydrogen-bond donors (Lipinski definition) is 2. The number of aliphatic carboxylic acids is 1. The molecular weight excluding hydrogens is 367 g/mol. The van der Waals surface area contributed by atoms with E-state index < -0.39 is 35.3 Å². The van der Waals surface area contributed by atoms with Crippen LogP contribution in [0.15, 0.2) is 54.2 Å². The fourth-order valence-corrected chi connectivity index (χ4v) is 3.12. The van der Waals surface area contributed by atoms with Crippen molar-refractivity contribution in [1.29, 1.82) is 0 Å². The Balaban J connectivity index is 2.07. The van der Waals surface area contributed by atoms with Crippen molar-refractivity contribution in [3.05, 3.63) is 71.3 Å². The highest BCUT2D eigenvalue weighted by molar-refractivity contribution is 6.46. The molecule has 3 rings (SSSR count). The molecule has 1 aliphatic rings. The van der Waals surface area contributed by atoms with Gasteiger partial charge in [-0.2, -0.15) is 0 Å². The first kappa shape index (κ1) is 19.2. The quantitative estimate of drug-likeness (QED) is 0.450. The molecule has 0 saturated carbocycles. The molecule has 1 saturated heterocycles. The molecule has 1 atom stereocenters. The van der Waals surface area contributed by atoms with Gasteiger partial charge in [-0.05, 0) is 42.8 Å². The van der Waals surface area contributed by atoms with E-state index in [1.165, 1.54) is 23.2 Å².